The summed E-state index contributed by atoms with van der Waals surface area (Å²) < 4.78 is 10.2. The van der Waals surface area contributed by atoms with Crippen molar-refractivity contribution in [3.05, 3.63) is 35.2 Å². The second kappa shape index (κ2) is 8.53. The SMILES string of the molecule is CCOC(=O)C1=C(C(=O)OC(C)C)N2C=C(C=O)C=CC2C(C#N)(C#N)C1(C#N)C#N. The molecular formula is C21H17N5O5. The van der Waals surface area contributed by atoms with Gasteiger partial charge in [-0.3, -0.25) is 4.79 Å². The van der Waals surface area contributed by atoms with Crippen LogP contribution in [0.1, 0.15) is 20.8 Å². The van der Waals surface area contributed by atoms with Crippen LogP contribution in [0.4, 0.5) is 0 Å². The summed E-state index contributed by atoms with van der Waals surface area (Å²) in [7, 11) is 0. The molecule has 1 atom stereocenters. The largest absolute Gasteiger partial charge is 0.462 e. The maximum atomic E-state index is 13.0. The average Bonchev–Trinajstić information content (AvgIpc) is 2.76. The molecule has 0 saturated heterocycles. The van der Waals surface area contributed by atoms with Gasteiger partial charge in [0.1, 0.15) is 11.3 Å². The number of ether oxygens (including phenoxy) is 2. The van der Waals surface area contributed by atoms with Gasteiger partial charge < -0.3 is 14.4 Å². The predicted molar refractivity (Wildman–Crippen MR) is 101 cm³/mol. The van der Waals surface area contributed by atoms with E-state index in [4.69, 9.17) is 9.47 Å². The van der Waals surface area contributed by atoms with Gasteiger partial charge >= 0.3 is 11.9 Å². The van der Waals surface area contributed by atoms with E-state index in [0.717, 1.165) is 11.1 Å². The molecule has 0 aromatic carbocycles. The van der Waals surface area contributed by atoms with E-state index in [1.165, 1.54) is 19.1 Å². The van der Waals surface area contributed by atoms with E-state index < -0.39 is 46.2 Å². The molecule has 0 radical (unpaired) electrons. The summed E-state index contributed by atoms with van der Waals surface area (Å²) >= 11 is 0. The summed E-state index contributed by atoms with van der Waals surface area (Å²) in [6, 6.07) is 5.31. The standard InChI is InChI=1S/C21H17N5O5/c1-4-30-18(28)16-17(19(29)31-13(2)3)26-7-14(8-27)5-6-15(26)20(9-22,10-23)21(16,11-24)12-25/h5-8,13,15H,4H2,1-3H3. The van der Waals surface area contributed by atoms with Gasteiger partial charge in [0.25, 0.3) is 0 Å². The first-order valence-corrected chi connectivity index (χ1v) is 9.14. The average molecular weight is 419 g/mol. The van der Waals surface area contributed by atoms with Gasteiger partial charge in [0.05, 0.1) is 43.0 Å². The molecule has 10 nitrogen and oxygen atoms in total. The van der Waals surface area contributed by atoms with Crippen molar-refractivity contribution in [1.82, 2.24) is 4.90 Å². The fourth-order valence-corrected chi connectivity index (χ4v) is 3.50. The zero-order chi connectivity index (χ0) is 23.4. The van der Waals surface area contributed by atoms with Gasteiger partial charge in [-0.25, -0.2) is 9.59 Å². The quantitative estimate of drug-likeness (QED) is 0.465. The molecule has 0 spiro atoms. The first kappa shape index (κ1) is 22.9. The van der Waals surface area contributed by atoms with Gasteiger partial charge in [-0.1, -0.05) is 12.2 Å². The molecule has 0 fully saturated rings. The van der Waals surface area contributed by atoms with Crippen molar-refractivity contribution in [3.63, 3.8) is 0 Å². The Balaban J connectivity index is 3.10. The van der Waals surface area contributed by atoms with Crippen LogP contribution in [0.25, 0.3) is 0 Å². The highest BCUT2D eigenvalue weighted by Gasteiger charge is 2.69. The lowest BCUT2D eigenvalue weighted by Crippen LogP contribution is -2.60. The Hall–Kier alpha value is -4.41. The van der Waals surface area contributed by atoms with Gasteiger partial charge in [-0.05, 0) is 20.8 Å². The lowest BCUT2D eigenvalue weighted by Gasteiger charge is -2.48. The van der Waals surface area contributed by atoms with Crippen molar-refractivity contribution in [2.45, 2.75) is 32.9 Å². The minimum absolute atomic E-state index is 0.0560. The van der Waals surface area contributed by atoms with E-state index in [0.29, 0.717) is 6.29 Å². The number of fused-ring (bicyclic) bond motifs is 1. The number of hydrogen-bond acceptors (Lipinski definition) is 10. The van der Waals surface area contributed by atoms with Crippen molar-refractivity contribution in [1.29, 1.82) is 21.0 Å². The van der Waals surface area contributed by atoms with Crippen LogP contribution < -0.4 is 0 Å². The summed E-state index contributed by atoms with van der Waals surface area (Å²) in [5, 5.41) is 40.0. The van der Waals surface area contributed by atoms with Crippen LogP contribution in [0.3, 0.4) is 0 Å². The maximum Gasteiger partial charge on any atom is 0.355 e. The minimum Gasteiger partial charge on any atom is -0.462 e. The number of nitrogens with zero attached hydrogens (tertiary/aromatic N) is 5. The van der Waals surface area contributed by atoms with Crippen LogP contribution in [-0.4, -0.2) is 41.9 Å². The van der Waals surface area contributed by atoms with Crippen molar-refractivity contribution in [3.8, 4) is 24.3 Å². The third-order valence-corrected chi connectivity index (χ3v) is 4.80. The van der Waals surface area contributed by atoms with Crippen molar-refractivity contribution in [2.24, 2.45) is 10.8 Å². The predicted octanol–water partition coefficient (Wildman–Crippen LogP) is 1.16. The van der Waals surface area contributed by atoms with Crippen LogP contribution in [0.2, 0.25) is 0 Å². The monoisotopic (exact) mass is 419 g/mol. The molecule has 0 bridgehead atoms. The molecular weight excluding hydrogens is 402 g/mol. The molecule has 0 amide bonds. The lowest BCUT2D eigenvalue weighted by molar-refractivity contribution is -0.148. The van der Waals surface area contributed by atoms with Gasteiger partial charge in [0, 0.05) is 11.8 Å². The van der Waals surface area contributed by atoms with E-state index in [1.807, 2.05) is 0 Å². The van der Waals surface area contributed by atoms with E-state index in [2.05, 4.69) is 0 Å². The molecule has 2 aliphatic heterocycles. The van der Waals surface area contributed by atoms with Crippen molar-refractivity contribution in [2.75, 3.05) is 6.61 Å². The molecule has 0 saturated carbocycles. The maximum absolute atomic E-state index is 13.0. The fraction of sp³-hybridized carbons (Fsp3) is 0.381. The Labute approximate surface area is 178 Å². The first-order valence-electron chi connectivity index (χ1n) is 9.14. The third-order valence-electron chi connectivity index (χ3n) is 4.80. The molecule has 0 N–H and O–H groups in total. The van der Waals surface area contributed by atoms with Gasteiger partial charge in [0.2, 0.25) is 10.8 Å². The highest BCUT2D eigenvalue weighted by atomic mass is 16.5. The number of esters is 2. The first-order chi connectivity index (χ1) is 14.7. The lowest BCUT2D eigenvalue weighted by atomic mass is 9.55. The number of aldehydes is 1. The number of carbonyl (C=O) groups excluding carboxylic acids is 3. The summed E-state index contributed by atoms with van der Waals surface area (Å²) in [5.41, 5.74) is -6.42. The zero-order valence-electron chi connectivity index (χ0n) is 16.9. The topological polar surface area (TPSA) is 168 Å². The molecule has 156 valence electrons. The number of nitriles is 4. The van der Waals surface area contributed by atoms with E-state index in [-0.39, 0.29) is 12.2 Å². The van der Waals surface area contributed by atoms with Gasteiger partial charge in [-0.2, -0.15) is 21.0 Å². The molecule has 2 rings (SSSR count). The van der Waals surface area contributed by atoms with E-state index in [9.17, 15) is 35.4 Å². The van der Waals surface area contributed by atoms with Gasteiger partial charge in [0.15, 0.2) is 6.29 Å². The Morgan fingerprint density at radius 3 is 2.23 bits per heavy atom. The molecule has 2 heterocycles. The van der Waals surface area contributed by atoms with Crippen LogP contribution in [0.5, 0.6) is 0 Å². The van der Waals surface area contributed by atoms with Crippen LogP contribution in [-0.2, 0) is 23.9 Å². The second-order valence-corrected chi connectivity index (χ2v) is 6.86. The number of carbonyl (C=O) groups is 3. The van der Waals surface area contributed by atoms with Crippen molar-refractivity contribution >= 4 is 18.2 Å². The highest BCUT2D eigenvalue weighted by Crippen LogP contribution is 2.55. The molecule has 31 heavy (non-hydrogen) atoms. The molecule has 10 heteroatoms. The fourth-order valence-electron chi connectivity index (χ4n) is 3.50. The van der Waals surface area contributed by atoms with Crippen molar-refractivity contribution < 1.29 is 23.9 Å². The van der Waals surface area contributed by atoms with E-state index in [1.54, 1.807) is 38.1 Å². The van der Waals surface area contributed by atoms with Gasteiger partial charge in [-0.15, -0.1) is 0 Å². The number of hydrogen-bond donors (Lipinski definition) is 0. The molecule has 0 aromatic heterocycles. The Morgan fingerprint density at radius 1 is 1.16 bits per heavy atom. The van der Waals surface area contributed by atoms with Crippen LogP contribution in [0.15, 0.2) is 35.2 Å². The number of rotatable bonds is 5. The summed E-state index contributed by atoms with van der Waals surface area (Å²) in [4.78, 5) is 38.3. The van der Waals surface area contributed by atoms with Crippen LogP contribution >= 0.6 is 0 Å². The minimum atomic E-state index is -2.69. The molecule has 1 unspecified atom stereocenters. The van der Waals surface area contributed by atoms with Crippen LogP contribution in [0, 0.1) is 56.2 Å². The zero-order valence-corrected chi connectivity index (χ0v) is 16.9. The second-order valence-electron chi connectivity index (χ2n) is 6.86. The highest BCUT2D eigenvalue weighted by molar-refractivity contribution is 6.03. The Kier molecular flexibility index (Phi) is 6.29. The third kappa shape index (κ3) is 3.21. The molecule has 0 aliphatic carbocycles. The molecule has 2 aliphatic rings. The number of allylic oxidation sites excluding steroid dienone is 2. The molecule has 0 aromatic rings. The normalized spacial score (nSPS) is 20.2. The summed E-state index contributed by atoms with van der Waals surface area (Å²) in [6.45, 7) is 4.38. The Bertz CT molecular complexity index is 1060. The van der Waals surface area contributed by atoms with E-state index >= 15 is 0 Å². The smallest absolute Gasteiger partial charge is 0.355 e. The summed E-state index contributed by atoms with van der Waals surface area (Å²) in [6.07, 6.45) is 3.51. The Morgan fingerprint density at radius 2 is 1.77 bits per heavy atom. The summed E-state index contributed by atoms with van der Waals surface area (Å²) in [5.74, 6) is -2.32.